The van der Waals surface area contributed by atoms with Crippen LogP contribution in [0.3, 0.4) is 0 Å². The zero-order valence-electron chi connectivity index (χ0n) is 20.7. The molecule has 188 valence electrons. The highest BCUT2D eigenvalue weighted by Crippen LogP contribution is 2.21. The molecule has 1 amide bonds. The lowest BCUT2D eigenvalue weighted by atomic mass is 9.88. The van der Waals surface area contributed by atoms with Gasteiger partial charge in [-0.1, -0.05) is 19.9 Å². The molecule has 1 aliphatic heterocycles. The molecule has 1 atom stereocenters. The normalized spacial score (nSPS) is 14.1. The van der Waals surface area contributed by atoms with E-state index < -0.39 is 23.3 Å². The van der Waals surface area contributed by atoms with Crippen LogP contribution < -0.4 is 10.6 Å². The summed E-state index contributed by atoms with van der Waals surface area (Å²) in [4.78, 5) is 31.1. The third-order valence-electron chi connectivity index (χ3n) is 6.19. The van der Waals surface area contributed by atoms with Crippen LogP contribution in [0.1, 0.15) is 57.2 Å². The summed E-state index contributed by atoms with van der Waals surface area (Å²) in [6, 6.07) is 5.27. The Bertz CT molecular complexity index is 852. The first-order chi connectivity index (χ1) is 16.3. The minimum absolute atomic E-state index is 0.0281. The predicted molar refractivity (Wildman–Crippen MR) is 130 cm³/mol. The number of methoxy groups -OCH3 is 1. The molecule has 1 aromatic heterocycles. The van der Waals surface area contributed by atoms with Crippen molar-refractivity contribution in [1.29, 1.82) is 5.26 Å². The Morgan fingerprint density at radius 3 is 2.82 bits per heavy atom. The second kappa shape index (κ2) is 13.9. The maximum Gasteiger partial charge on any atom is 0.326 e. The van der Waals surface area contributed by atoms with Crippen LogP contribution in [0.25, 0.3) is 0 Å². The number of amides is 1. The fourth-order valence-electron chi connectivity index (χ4n) is 3.91. The predicted octanol–water partition coefficient (Wildman–Crippen LogP) is 2.61. The molecule has 0 aliphatic carbocycles. The van der Waals surface area contributed by atoms with Gasteiger partial charge < -0.3 is 25.4 Å². The Morgan fingerprint density at radius 1 is 1.32 bits per heavy atom. The van der Waals surface area contributed by atoms with Crippen molar-refractivity contribution in [3.63, 3.8) is 0 Å². The SMILES string of the molecule is COCCN(CCCCc1ccc2c(n1)NCCC2)CCC(NC(=O)C(C)(C)CC#N)C(=O)O. The molecule has 0 spiro atoms. The lowest BCUT2D eigenvalue weighted by Crippen LogP contribution is -2.48. The summed E-state index contributed by atoms with van der Waals surface area (Å²) in [6.07, 6.45) is 5.37. The van der Waals surface area contributed by atoms with E-state index >= 15 is 0 Å². The molecule has 0 saturated heterocycles. The highest BCUT2D eigenvalue weighted by atomic mass is 16.5. The summed E-state index contributed by atoms with van der Waals surface area (Å²) in [6.45, 7) is 6.85. The molecule has 3 N–H and O–H groups in total. The van der Waals surface area contributed by atoms with Crippen molar-refractivity contribution < 1.29 is 19.4 Å². The number of anilines is 1. The Hall–Kier alpha value is -2.70. The molecule has 0 radical (unpaired) electrons. The van der Waals surface area contributed by atoms with Crippen LogP contribution in [-0.2, 0) is 27.2 Å². The first kappa shape index (κ1) is 27.5. The van der Waals surface area contributed by atoms with E-state index in [-0.39, 0.29) is 12.8 Å². The van der Waals surface area contributed by atoms with Gasteiger partial charge in [-0.25, -0.2) is 9.78 Å². The number of hydrogen-bond acceptors (Lipinski definition) is 7. The molecular formula is C25H39N5O4. The van der Waals surface area contributed by atoms with E-state index in [1.54, 1.807) is 21.0 Å². The van der Waals surface area contributed by atoms with Gasteiger partial charge in [0.1, 0.15) is 11.9 Å². The molecule has 34 heavy (non-hydrogen) atoms. The summed E-state index contributed by atoms with van der Waals surface area (Å²) in [7, 11) is 1.64. The number of hydrogen-bond donors (Lipinski definition) is 3. The molecule has 0 bridgehead atoms. The maximum absolute atomic E-state index is 12.5. The van der Waals surface area contributed by atoms with Crippen LogP contribution >= 0.6 is 0 Å². The van der Waals surface area contributed by atoms with Gasteiger partial charge in [0.15, 0.2) is 0 Å². The number of aliphatic carboxylic acids is 1. The second-order valence-corrected chi connectivity index (χ2v) is 9.50. The number of aryl methyl sites for hydroxylation is 2. The van der Waals surface area contributed by atoms with Crippen molar-refractivity contribution in [1.82, 2.24) is 15.2 Å². The number of fused-ring (bicyclic) bond motifs is 1. The third-order valence-corrected chi connectivity index (χ3v) is 6.19. The quantitative estimate of drug-likeness (QED) is 0.332. The number of carboxylic acid groups (broad SMARTS) is 1. The molecule has 0 saturated carbocycles. The fourth-order valence-corrected chi connectivity index (χ4v) is 3.91. The van der Waals surface area contributed by atoms with Crippen LogP contribution in [0.15, 0.2) is 12.1 Å². The van der Waals surface area contributed by atoms with Crippen LogP contribution in [0.4, 0.5) is 5.82 Å². The number of unbranched alkanes of at least 4 members (excludes halogenated alkanes) is 1. The number of pyridine rings is 1. The van der Waals surface area contributed by atoms with E-state index in [0.717, 1.165) is 56.7 Å². The van der Waals surface area contributed by atoms with Gasteiger partial charge in [0.05, 0.1) is 18.1 Å². The number of carbonyl (C=O) groups excluding carboxylic acids is 1. The van der Waals surface area contributed by atoms with Crippen LogP contribution in [0.2, 0.25) is 0 Å². The van der Waals surface area contributed by atoms with Crippen molar-refractivity contribution in [3.8, 4) is 6.07 Å². The lowest BCUT2D eigenvalue weighted by Gasteiger charge is -2.26. The number of carbonyl (C=O) groups is 2. The van der Waals surface area contributed by atoms with Crippen molar-refractivity contribution >= 4 is 17.7 Å². The molecule has 9 nitrogen and oxygen atoms in total. The minimum atomic E-state index is -1.07. The summed E-state index contributed by atoms with van der Waals surface area (Å²) in [5.74, 6) is -0.470. The Balaban J connectivity index is 1.83. The van der Waals surface area contributed by atoms with E-state index in [0.29, 0.717) is 19.7 Å². The number of nitriles is 1. The molecule has 0 aromatic carbocycles. The summed E-state index contributed by atoms with van der Waals surface area (Å²) in [5, 5.41) is 24.5. The number of nitrogens with one attached hydrogen (secondary N) is 2. The third kappa shape index (κ3) is 8.92. The topological polar surface area (TPSA) is 128 Å². The monoisotopic (exact) mass is 473 g/mol. The largest absolute Gasteiger partial charge is 0.480 e. The lowest BCUT2D eigenvalue weighted by molar-refractivity contribution is -0.143. The number of aromatic nitrogens is 1. The molecule has 1 aromatic rings. The molecule has 2 heterocycles. The first-order valence-electron chi connectivity index (χ1n) is 12.1. The van der Waals surface area contributed by atoms with E-state index in [1.807, 2.05) is 6.07 Å². The summed E-state index contributed by atoms with van der Waals surface area (Å²) < 4.78 is 5.22. The van der Waals surface area contributed by atoms with Crippen LogP contribution in [0.5, 0.6) is 0 Å². The highest BCUT2D eigenvalue weighted by Gasteiger charge is 2.31. The Kier molecular flexibility index (Phi) is 11.2. The van der Waals surface area contributed by atoms with Gasteiger partial charge in [-0.3, -0.25) is 4.79 Å². The van der Waals surface area contributed by atoms with Gasteiger partial charge in [-0.2, -0.15) is 5.26 Å². The van der Waals surface area contributed by atoms with Gasteiger partial charge in [-0.15, -0.1) is 0 Å². The van der Waals surface area contributed by atoms with Gasteiger partial charge in [0.25, 0.3) is 0 Å². The number of ether oxygens (including phenoxy) is 1. The van der Waals surface area contributed by atoms with Crippen molar-refractivity contribution in [2.24, 2.45) is 5.41 Å². The number of nitrogens with zero attached hydrogens (tertiary/aromatic N) is 3. The average molecular weight is 474 g/mol. The minimum Gasteiger partial charge on any atom is -0.480 e. The Labute approximate surface area is 202 Å². The Morgan fingerprint density at radius 2 is 2.12 bits per heavy atom. The molecule has 9 heteroatoms. The smallest absolute Gasteiger partial charge is 0.326 e. The van der Waals surface area contributed by atoms with E-state index in [1.165, 1.54) is 5.56 Å². The molecule has 2 rings (SSSR count). The van der Waals surface area contributed by atoms with Crippen molar-refractivity contribution in [3.05, 3.63) is 23.4 Å². The van der Waals surface area contributed by atoms with Gasteiger partial charge in [-0.05, 0) is 56.7 Å². The van der Waals surface area contributed by atoms with E-state index in [2.05, 4.69) is 27.7 Å². The average Bonchev–Trinajstić information content (AvgIpc) is 2.81. The molecule has 1 aliphatic rings. The van der Waals surface area contributed by atoms with Gasteiger partial charge >= 0.3 is 5.97 Å². The zero-order valence-corrected chi connectivity index (χ0v) is 20.7. The van der Waals surface area contributed by atoms with Crippen molar-refractivity contribution in [2.45, 2.75) is 64.8 Å². The van der Waals surface area contributed by atoms with Crippen LogP contribution in [-0.4, -0.2) is 72.8 Å². The van der Waals surface area contributed by atoms with E-state index in [4.69, 9.17) is 15.0 Å². The molecule has 0 fully saturated rings. The van der Waals surface area contributed by atoms with Crippen molar-refractivity contribution in [2.75, 3.05) is 45.2 Å². The molecular weight excluding hydrogens is 434 g/mol. The van der Waals surface area contributed by atoms with Gasteiger partial charge in [0.2, 0.25) is 5.91 Å². The van der Waals surface area contributed by atoms with E-state index in [9.17, 15) is 14.7 Å². The fraction of sp³-hybridized carbons (Fsp3) is 0.680. The van der Waals surface area contributed by atoms with Crippen LogP contribution in [0, 0.1) is 16.7 Å². The first-order valence-corrected chi connectivity index (χ1v) is 12.1. The molecule has 1 unspecified atom stereocenters. The summed E-state index contributed by atoms with van der Waals surface area (Å²) in [5.41, 5.74) is 1.44. The zero-order chi connectivity index (χ0) is 25.0. The second-order valence-electron chi connectivity index (χ2n) is 9.50. The number of carboxylic acids is 1. The highest BCUT2D eigenvalue weighted by molar-refractivity contribution is 5.87. The maximum atomic E-state index is 12.5. The number of rotatable bonds is 15. The standard InChI is InChI=1S/C25H39N5O4/c1-25(2,12-13-26)24(33)29-21(23(31)32)11-16-30(17-18-34-3)15-5-4-8-20-10-9-19-7-6-14-27-22(19)28-20/h9-10,21H,4-8,11-12,14-18H2,1-3H3,(H,27,28)(H,29,33)(H,31,32). The van der Waals surface area contributed by atoms with Gasteiger partial charge in [0, 0.05) is 38.9 Å². The summed E-state index contributed by atoms with van der Waals surface area (Å²) >= 11 is 0.